The summed E-state index contributed by atoms with van der Waals surface area (Å²) in [5.41, 5.74) is 11.0. The summed E-state index contributed by atoms with van der Waals surface area (Å²) in [6.45, 7) is 35.9. The summed E-state index contributed by atoms with van der Waals surface area (Å²) in [5, 5.41) is 24.4. The van der Waals surface area contributed by atoms with E-state index in [9.17, 15) is 43.2 Å². The van der Waals surface area contributed by atoms with E-state index in [0.29, 0.717) is 80.0 Å². The molecule has 0 aromatic carbocycles. The Hall–Kier alpha value is -3.29. The second-order valence-electron chi connectivity index (χ2n) is 18.3. The minimum atomic E-state index is -1.17. The van der Waals surface area contributed by atoms with Crippen molar-refractivity contribution in [2.45, 2.75) is 208 Å². The molecule has 65 heavy (non-hydrogen) atoms. The SMILES string of the molecule is CC(C)=C(C)C(=O)CCC(C)C.CC(C)=C(C)C(=O)CCC(C)C.CC(C)=C(C)C(=O)CCC(C)[C-]=O.CC(C)CCC(=O)C=O.CC(C)CCC(=O)O.NC(CCC(=O)O)C(=O)O.[Y]. The topological polar surface area (TPSA) is 240 Å². The summed E-state index contributed by atoms with van der Waals surface area (Å²) in [7, 11) is 0. The average Bonchev–Trinajstić information content (AvgIpc) is 3.20. The summed E-state index contributed by atoms with van der Waals surface area (Å²) < 4.78 is 0. The molecule has 0 aliphatic heterocycles. The number of carboxylic acids is 3. The summed E-state index contributed by atoms with van der Waals surface area (Å²) >= 11 is 0. The Morgan fingerprint density at radius 2 is 0.723 bits per heavy atom. The number of carbonyl (C=O) groups is 8. The van der Waals surface area contributed by atoms with Crippen molar-refractivity contribution in [1.29, 1.82) is 0 Å². The van der Waals surface area contributed by atoms with Crippen LogP contribution in [0.5, 0.6) is 0 Å². The van der Waals surface area contributed by atoms with Crippen molar-refractivity contribution >= 4 is 53.6 Å². The molecule has 0 heterocycles. The Bertz CT molecular complexity index is 1450. The van der Waals surface area contributed by atoms with Crippen molar-refractivity contribution in [3.05, 3.63) is 33.4 Å². The van der Waals surface area contributed by atoms with Gasteiger partial charge in [-0.05, 0) is 135 Å². The summed E-state index contributed by atoms with van der Waals surface area (Å²) in [4.78, 5) is 94.3. The van der Waals surface area contributed by atoms with Gasteiger partial charge >= 0.3 is 17.9 Å². The van der Waals surface area contributed by atoms with Crippen LogP contribution in [0.25, 0.3) is 0 Å². The summed E-state index contributed by atoms with van der Waals surface area (Å²) in [5.74, 6) is -0.290. The van der Waals surface area contributed by atoms with Crippen molar-refractivity contribution in [3.63, 3.8) is 0 Å². The number of Topliss-reactive ketones (excluding diaryl/α,β-unsaturated/α-hetero) is 4. The fraction of sp³-hybridized carbons (Fsp3) is 0.706. The zero-order chi connectivity index (χ0) is 51.9. The molecule has 5 N–H and O–H groups in total. The number of carbonyl (C=O) groups excluding carboxylic acids is 6. The van der Waals surface area contributed by atoms with E-state index in [1.165, 1.54) is 0 Å². The second kappa shape index (κ2) is 47.2. The first kappa shape index (κ1) is 76.0. The number of hydrogen-bond donors (Lipinski definition) is 4. The van der Waals surface area contributed by atoms with Gasteiger partial charge in [0.2, 0.25) is 0 Å². The van der Waals surface area contributed by atoms with E-state index in [1.807, 2.05) is 96.3 Å². The molecule has 0 aromatic heterocycles. The minimum Gasteiger partial charge on any atom is -0.542 e. The van der Waals surface area contributed by atoms with Crippen LogP contribution in [0, 0.1) is 29.6 Å². The fourth-order valence-electron chi connectivity index (χ4n) is 3.95. The standard InChI is InChI=1S/C11H17O2.2C11H20O.C7H12O2.C6H12O2.C5H9NO4.Y/c1-8(2)10(4)11(13)6-5-9(3)7-12;2*1-8(2)6-7-11(12)10(5)9(3)4;1-6(2)3-4-7(9)5-8;1-5(2)3-4-6(7)8;6-3(5(9)10)1-2-4(7)8;/h9H,5-6H2,1-4H3;2*8H,6-7H2,1-5H3;5-6H,3-4H2,1-2H3;5H,3-4H2,1-2H3,(H,7,8);3H,1-2,6H2,(H,7,8)(H,9,10);/q-1;;;;;;. The third-order valence-corrected chi connectivity index (χ3v) is 9.43. The van der Waals surface area contributed by atoms with Gasteiger partial charge in [-0.2, -0.15) is 0 Å². The number of nitrogens with two attached hydrogens (primary N) is 1. The first-order chi connectivity index (χ1) is 29.2. The van der Waals surface area contributed by atoms with Gasteiger partial charge in [0.15, 0.2) is 29.4 Å². The van der Waals surface area contributed by atoms with E-state index in [2.05, 4.69) is 27.7 Å². The predicted molar refractivity (Wildman–Crippen MR) is 259 cm³/mol. The van der Waals surface area contributed by atoms with Gasteiger partial charge in [-0.25, -0.2) is 0 Å². The van der Waals surface area contributed by atoms with Gasteiger partial charge in [-0.1, -0.05) is 85.5 Å². The third kappa shape index (κ3) is 60.7. The molecule has 1 radical (unpaired) electrons. The molecule has 0 rings (SSSR count). The van der Waals surface area contributed by atoms with Gasteiger partial charge in [0.05, 0.1) is 0 Å². The van der Waals surface area contributed by atoms with Crippen molar-refractivity contribution in [2.24, 2.45) is 35.3 Å². The fourth-order valence-corrected chi connectivity index (χ4v) is 3.95. The van der Waals surface area contributed by atoms with Gasteiger partial charge in [0.1, 0.15) is 6.04 Å². The zero-order valence-electron chi connectivity index (χ0n) is 43.7. The van der Waals surface area contributed by atoms with Crippen LogP contribution in [0.3, 0.4) is 0 Å². The van der Waals surface area contributed by atoms with E-state index in [0.717, 1.165) is 59.1 Å². The third-order valence-electron chi connectivity index (χ3n) is 9.43. The van der Waals surface area contributed by atoms with Crippen LogP contribution >= 0.6 is 0 Å². The molecule has 0 spiro atoms. The quantitative estimate of drug-likeness (QED) is 0.0305. The molecule has 0 bridgehead atoms. The smallest absolute Gasteiger partial charge is 0.320 e. The Morgan fingerprint density at radius 1 is 0.462 bits per heavy atom. The molecule has 0 saturated heterocycles. The normalized spacial score (nSPS) is 10.6. The van der Waals surface area contributed by atoms with E-state index in [1.54, 1.807) is 6.92 Å². The number of hydrogen-bond acceptors (Lipinski definition) is 10. The molecular formula is C51H90NO12Y-. The first-order valence-electron chi connectivity index (χ1n) is 22.5. The van der Waals surface area contributed by atoms with Crippen molar-refractivity contribution in [1.82, 2.24) is 0 Å². The van der Waals surface area contributed by atoms with E-state index in [4.69, 9.17) is 21.1 Å². The van der Waals surface area contributed by atoms with Gasteiger partial charge in [-0.15, -0.1) is 5.92 Å². The summed E-state index contributed by atoms with van der Waals surface area (Å²) in [6.07, 6.45) is 8.82. The maximum Gasteiger partial charge on any atom is 0.320 e. The van der Waals surface area contributed by atoms with Crippen molar-refractivity contribution in [3.8, 4) is 0 Å². The summed E-state index contributed by atoms with van der Waals surface area (Å²) in [6, 6.07) is -1.06. The van der Waals surface area contributed by atoms with E-state index >= 15 is 0 Å². The molecule has 2 unspecified atom stereocenters. The van der Waals surface area contributed by atoms with Crippen LogP contribution in [-0.2, 0) is 75.9 Å². The Balaban J connectivity index is -0.000000125. The van der Waals surface area contributed by atoms with Crippen LogP contribution in [0.1, 0.15) is 202 Å². The Morgan fingerprint density at radius 3 is 0.938 bits per heavy atom. The van der Waals surface area contributed by atoms with Crippen LogP contribution in [0.4, 0.5) is 0 Å². The van der Waals surface area contributed by atoms with Gasteiger partial charge in [0, 0.05) is 71.2 Å². The van der Waals surface area contributed by atoms with Crippen molar-refractivity contribution in [2.75, 3.05) is 0 Å². The van der Waals surface area contributed by atoms with E-state index < -0.39 is 23.9 Å². The largest absolute Gasteiger partial charge is 0.542 e. The van der Waals surface area contributed by atoms with Gasteiger partial charge in [0.25, 0.3) is 0 Å². The van der Waals surface area contributed by atoms with Crippen LogP contribution in [-0.4, -0.2) is 75.0 Å². The molecule has 14 heteroatoms. The van der Waals surface area contributed by atoms with Crippen molar-refractivity contribution < 1.29 is 91.2 Å². The van der Waals surface area contributed by atoms with Crippen LogP contribution < -0.4 is 5.73 Å². The van der Waals surface area contributed by atoms with Crippen LogP contribution in [0.2, 0.25) is 0 Å². The van der Waals surface area contributed by atoms with E-state index in [-0.39, 0.29) is 63.0 Å². The molecule has 0 amide bonds. The number of carboxylic acid groups (broad SMARTS) is 3. The zero-order valence-corrected chi connectivity index (χ0v) is 46.5. The molecule has 0 aromatic rings. The maximum absolute atomic E-state index is 11.4. The number of aliphatic carboxylic acids is 3. The molecule has 0 fully saturated rings. The number of allylic oxidation sites excluding steroid dienone is 6. The van der Waals surface area contributed by atoms with Gasteiger partial charge in [-0.3, -0.25) is 44.6 Å². The average molecular weight is 998 g/mol. The first-order valence-corrected chi connectivity index (χ1v) is 22.5. The Kier molecular flexibility index (Phi) is 55.2. The molecule has 0 aliphatic carbocycles. The minimum absolute atomic E-state index is 0. The number of aldehydes is 1. The Labute approximate surface area is 419 Å². The second-order valence-corrected chi connectivity index (χ2v) is 18.3. The molecule has 0 saturated carbocycles. The molecular weight excluding hydrogens is 907 g/mol. The molecule has 0 aliphatic rings. The molecule has 2 atom stereocenters. The number of ketones is 4. The predicted octanol–water partition coefficient (Wildman–Crippen LogP) is 11.1. The molecule has 13 nitrogen and oxygen atoms in total. The number of rotatable bonds is 24. The monoisotopic (exact) mass is 998 g/mol. The molecule has 375 valence electrons. The van der Waals surface area contributed by atoms with Gasteiger partial charge < -0.3 is 25.8 Å². The van der Waals surface area contributed by atoms with Crippen LogP contribution in [0.15, 0.2) is 33.4 Å². The maximum atomic E-state index is 11.4.